The highest BCUT2D eigenvalue weighted by Crippen LogP contribution is 2.43. The van der Waals surface area contributed by atoms with Crippen LogP contribution in [0, 0.1) is 0 Å². The molecule has 0 spiro atoms. The lowest BCUT2D eigenvalue weighted by Gasteiger charge is -2.52. The molecule has 3 aliphatic rings. The van der Waals surface area contributed by atoms with Crippen LogP contribution in [0.4, 0.5) is 0 Å². The van der Waals surface area contributed by atoms with Crippen LogP contribution in [0.2, 0.25) is 0 Å². The molecule has 1 saturated heterocycles. The molecule has 3 aliphatic heterocycles. The van der Waals surface area contributed by atoms with Crippen molar-refractivity contribution in [1.82, 2.24) is 10.2 Å². The molecule has 9 nitrogen and oxygen atoms in total. The summed E-state index contributed by atoms with van der Waals surface area (Å²) in [6, 6.07) is -1.58. The zero-order valence-electron chi connectivity index (χ0n) is 10.4. The maximum absolute atomic E-state index is 10.8. The van der Waals surface area contributed by atoms with Gasteiger partial charge in [-0.3, -0.25) is 0 Å². The number of nitrogens with zero attached hydrogens (tertiary/aromatic N) is 3. The summed E-state index contributed by atoms with van der Waals surface area (Å²) in [7, 11) is 0. The van der Waals surface area contributed by atoms with Gasteiger partial charge in [0.1, 0.15) is 12.1 Å². The summed E-state index contributed by atoms with van der Waals surface area (Å²) in [4.78, 5) is 9.54. The van der Waals surface area contributed by atoms with Gasteiger partial charge in [-0.2, -0.15) is 0 Å². The van der Waals surface area contributed by atoms with E-state index in [-0.39, 0.29) is 49.8 Å². The lowest BCUT2D eigenvalue weighted by molar-refractivity contribution is -0.209. The van der Waals surface area contributed by atoms with Crippen LogP contribution in [0.5, 0.6) is 0 Å². The number of nitrogens with two attached hydrogens (primary N) is 2. The van der Waals surface area contributed by atoms with Crippen molar-refractivity contribution in [2.75, 3.05) is 13.2 Å². The third-order valence-electron chi connectivity index (χ3n) is 3.87. The Balaban J connectivity index is 0.000001000. The monoisotopic (exact) mass is 328 g/mol. The van der Waals surface area contributed by atoms with E-state index in [4.69, 9.17) is 11.5 Å². The number of aliphatic hydroxyl groups is 3. The van der Waals surface area contributed by atoms with E-state index in [1.54, 1.807) is 0 Å². The molecule has 116 valence electrons. The highest BCUT2D eigenvalue weighted by Gasteiger charge is 2.68. The van der Waals surface area contributed by atoms with Gasteiger partial charge in [0.15, 0.2) is 17.6 Å². The Morgan fingerprint density at radius 3 is 2.55 bits per heavy atom. The van der Waals surface area contributed by atoms with E-state index >= 15 is 0 Å². The summed E-state index contributed by atoms with van der Waals surface area (Å²) in [6.07, 6.45) is 0.227. The van der Waals surface area contributed by atoms with Gasteiger partial charge in [0.2, 0.25) is 5.72 Å². The van der Waals surface area contributed by atoms with E-state index in [0.29, 0.717) is 6.54 Å². The quantitative estimate of drug-likeness (QED) is 0.298. The van der Waals surface area contributed by atoms with Crippen molar-refractivity contribution in [3.05, 3.63) is 0 Å². The van der Waals surface area contributed by atoms with Crippen molar-refractivity contribution in [3.8, 4) is 0 Å². The molecule has 0 bridgehead atoms. The molecule has 1 fully saturated rings. The lowest BCUT2D eigenvalue weighted by Crippen LogP contribution is -2.79. The number of hydrogen-bond donors (Lipinski definition) is 6. The molecule has 0 aromatic rings. The second kappa shape index (κ2) is 5.08. The van der Waals surface area contributed by atoms with E-state index in [1.807, 2.05) is 0 Å². The molecule has 0 saturated carbocycles. The zero-order chi connectivity index (χ0) is 13.1. The van der Waals surface area contributed by atoms with Gasteiger partial charge in [-0.25, -0.2) is 9.98 Å². The summed E-state index contributed by atoms with van der Waals surface area (Å²) < 4.78 is 0. The summed E-state index contributed by atoms with van der Waals surface area (Å²) in [6.45, 7) is -0.0127. The van der Waals surface area contributed by atoms with E-state index in [0.717, 1.165) is 0 Å². The van der Waals surface area contributed by atoms with Crippen LogP contribution in [-0.2, 0) is 0 Å². The smallest absolute Gasteiger partial charge is 0.214 e. The van der Waals surface area contributed by atoms with Crippen molar-refractivity contribution >= 4 is 36.7 Å². The second-order valence-electron chi connectivity index (χ2n) is 4.81. The first-order valence-corrected chi connectivity index (χ1v) is 5.70. The first-order chi connectivity index (χ1) is 8.42. The third-order valence-corrected chi connectivity index (χ3v) is 3.87. The summed E-state index contributed by atoms with van der Waals surface area (Å²) in [5.74, 6) is 0.101. The molecule has 0 amide bonds. The fraction of sp³-hybridized carbons (Fsp3) is 0.778. The predicted octanol–water partition coefficient (Wildman–Crippen LogP) is -3.11. The maximum Gasteiger partial charge on any atom is 0.214 e. The largest absolute Gasteiger partial charge is 0.394 e. The molecule has 20 heavy (non-hydrogen) atoms. The topological polar surface area (TPSA) is 153 Å². The predicted molar refractivity (Wildman–Crippen MR) is 76.8 cm³/mol. The Morgan fingerprint density at radius 1 is 1.30 bits per heavy atom. The number of halogens is 2. The molecule has 0 radical (unpaired) electrons. The number of hydrogen-bond acceptors (Lipinski definition) is 9. The van der Waals surface area contributed by atoms with Crippen LogP contribution in [0.15, 0.2) is 9.98 Å². The number of aliphatic hydroxyl groups excluding tert-OH is 1. The number of aliphatic imine (C=N–C) groups is 2. The Bertz CT molecular complexity index is 463. The Kier molecular flexibility index (Phi) is 4.33. The van der Waals surface area contributed by atoms with Crippen molar-refractivity contribution in [2.45, 2.75) is 30.0 Å². The first kappa shape index (κ1) is 17.1. The normalized spacial score (nSPS) is 41.5. The average molecular weight is 329 g/mol. The zero-order valence-corrected chi connectivity index (χ0v) is 12.1. The van der Waals surface area contributed by atoms with Crippen molar-refractivity contribution in [2.24, 2.45) is 21.5 Å². The van der Waals surface area contributed by atoms with E-state index in [2.05, 4.69) is 15.3 Å². The fourth-order valence-electron chi connectivity index (χ4n) is 2.99. The van der Waals surface area contributed by atoms with Crippen LogP contribution in [0.25, 0.3) is 0 Å². The van der Waals surface area contributed by atoms with Gasteiger partial charge in [0.05, 0.1) is 6.61 Å². The Labute approximate surface area is 127 Å². The van der Waals surface area contributed by atoms with Gasteiger partial charge < -0.3 is 37.0 Å². The highest BCUT2D eigenvalue weighted by molar-refractivity contribution is 5.86. The van der Waals surface area contributed by atoms with Gasteiger partial charge in [-0.1, -0.05) is 0 Å². The highest BCUT2D eigenvalue weighted by atomic mass is 35.5. The summed E-state index contributed by atoms with van der Waals surface area (Å²) >= 11 is 0. The fourth-order valence-corrected chi connectivity index (χ4v) is 2.99. The molecular formula is C9H18Cl2N6O3. The molecule has 3 heterocycles. The van der Waals surface area contributed by atoms with Crippen molar-refractivity contribution in [1.29, 1.82) is 0 Å². The van der Waals surface area contributed by atoms with Crippen LogP contribution < -0.4 is 16.8 Å². The van der Waals surface area contributed by atoms with Crippen molar-refractivity contribution < 1.29 is 15.3 Å². The van der Waals surface area contributed by atoms with E-state index < -0.39 is 23.5 Å². The van der Waals surface area contributed by atoms with Gasteiger partial charge in [0, 0.05) is 13.0 Å². The third kappa shape index (κ3) is 1.81. The molecular weight excluding hydrogens is 311 g/mol. The van der Waals surface area contributed by atoms with Crippen LogP contribution in [-0.4, -0.2) is 68.8 Å². The maximum atomic E-state index is 10.8. The molecule has 4 atom stereocenters. The second-order valence-corrected chi connectivity index (χ2v) is 4.81. The molecule has 11 heteroatoms. The average Bonchev–Trinajstić information content (AvgIpc) is 2.56. The summed E-state index contributed by atoms with van der Waals surface area (Å²) in [5, 5.41) is 33.2. The van der Waals surface area contributed by atoms with Gasteiger partial charge in [-0.05, 0) is 0 Å². The van der Waals surface area contributed by atoms with Crippen LogP contribution in [0.3, 0.4) is 0 Å². The lowest BCUT2D eigenvalue weighted by atomic mass is 9.85. The minimum Gasteiger partial charge on any atom is -0.394 e. The Morgan fingerprint density at radius 2 is 1.95 bits per heavy atom. The summed E-state index contributed by atoms with van der Waals surface area (Å²) in [5.41, 5.74) is 7.98. The molecule has 0 unspecified atom stereocenters. The van der Waals surface area contributed by atoms with Gasteiger partial charge >= 0.3 is 0 Å². The molecule has 0 aromatic carbocycles. The Hall–Kier alpha value is -1.00. The van der Waals surface area contributed by atoms with E-state index in [9.17, 15) is 15.3 Å². The van der Waals surface area contributed by atoms with Gasteiger partial charge in [-0.15, -0.1) is 24.8 Å². The standard InChI is InChI=1S/C9H16N6O3.2ClH/c10-6-13-5-4(3-16)12-7(11)15-2-1-8(17,14-6)9(5,15)18;;/h4-5,16-18H,1-3H2,(H2,11,12)(H3,10,13,14);2*1H/t4-,5-,8-,9-;;/m0../s1. The van der Waals surface area contributed by atoms with Crippen molar-refractivity contribution in [3.63, 3.8) is 0 Å². The number of nitrogens with one attached hydrogen (secondary N) is 1. The molecule has 3 rings (SSSR count). The van der Waals surface area contributed by atoms with E-state index in [1.165, 1.54) is 4.90 Å². The molecule has 8 N–H and O–H groups in total. The SMILES string of the molecule is Cl.Cl.NC1=N[C@H]2[C@H](CO)N=C(N)N3CC[C@@](O)(N1)[C@@]23O. The molecule has 0 aromatic heterocycles. The number of rotatable bonds is 1. The first-order valence-electron chi connectivity index (χ1n) is 5.70. The van der Waals surface area contributed by atoms with Crippen LogP contribution >= 0.6 is 24.8 Å². The minimum absolute atomic E-state index is 0. The van der Waals surface area contributed by atoms with Gasteiger partial charge in [0.25, 0.3) is 0 Å². The number of guanidine groups is 2. The minimum atomic E-state index is -1.74. The van der Waals surface area contributed by atoms with Crippen LogP contribution in [0.1, 0.15) is 6.42 Å². The molecule has 0 aliphatic carbocycles.